The number of ether oxygens (including phenoxy) is 1. The van der Waals surface area contributed by atoms with Crippen LogP contribution in [0.15, 0.2) is 0 Å². The molecule has 1 heterocycles. The molecule has 1 aliphatic rings. The molecule has 1 saturated heterocycles. The second-order valence-electron chi connectivity index (χ2n) is 3.83. The Hall–Kier alpha value is -0.120. The van der Waals surface area contributed by atoms with Crippen molar-refractivity contribution in [1.82, 2.24) is 10.2 Å². The Morgan fingerprint density at radius 1 is 1.36 bits per heavy atom. The minimum atomic E-state index is 0.755. The average molecular weight is 200 g/mol. The topological polar surface area (TPSA) is 24.5 Å². The summed E-state index contributed by atoms with van der Waals surface area (Å²) in [6.45, 7) is 10.6. The number of hydrogen-bond donors (Lipinski definition) is 1. The van der Waals surface area contributed by atoms with Crippen molar-refractivity contribution in [2.75, 3.05) is 39.4 Å². The van der Waals surface area contributed by atoms with Gasteiger partial charge < -0.3 is 10.1 Å². The van der Waals surface area contributed by atoms with Crippen LogP contribution in [0.5, 0.6) is 0 Å². The first kappa shape index (κ1) is 12.0. The largest absolute Gasteiger partial charge is 0.380 e. The van der Waals surface area contributed by atoms with Gasteiger partial charge in [0.1, 0.15) is 0 Å². The van der Waals surface area contributed by atoms with Crippen LogP contribution in [0.3, 0.4) is 0 Å². The maximum atomic E-state index is 5.41. The van der Waals surface area contributed by atoms with Crippen LogP contribution in [0, 0.1) is 0 Å². The van der Waals surface area contributed by atoms with E-state index in [1.165, 1.54) is 25.9 Å². The number of hydrogen-bond acceptors (Lipinski definition) is 3. The fraction of sp³-hybridized carbons (Fsp3) is 1.00. The Morgan fingerprint density at radius 2 is 2.21 bits per heavy atom. The molecule has 0 aromatic rings. The van der Waals surface area contributed by atoms with Crippen molar-refractivity contribution >= 4 is 0 Å². The maximum absolute atomic E-state index is 5.41. The highest BCUT2D eigenvalue weighted by molar-refractivity contribution is 4.75. The summed E-state index contributed by atoms with van der Waals surface area (Å²) in [7, 11) is 0. The molecule has 1 aliphatic heterocycles. The van der Waals surface area contributed by atoms with Crippen LogP contribution < -0.4 is 5.32 Å². The highest BCUT2D eigenvalue weighted by Crippen LogP contribution is 2.09. The molecule has 0 amide bonds. The van der Waals surface area contributed by atoms with Crippen molar-refractivity contribution in [3.8, 4) is 0 Å². The molecular formula is C11H24N2O. The van der Waals surface area contributed by atoms with E-state index in [2.05, 4.69) is 24.1 Å². The predicted molar refractivity (Wildman–Crippen MR) is 59.6 cm³/mol. The van der Waals surface area contributed by atoms with Gasteiger partial charge in [-0.3, -0.25) is 4.90 Å². The third-order valence-corrected chi connectivity index (χ3v) is 2.94. The predicted octanol–water partition coefficient (Wildman–Crippen LogP) is 1.10. The Morgan fingerprint density at radius 3 is 2.93 bits per heavy atom. The fourth-order valence-electron chi connectivity index (χ4n) is 2.06. The summed E-state index contributed by atoms with van der Waals surface area (Å²) >= 11 is 0. The van der Waals surface area contributed by atoms with Gasteiger partial charge in [-0.05, 0) is 26.3 Å². The van der Waals surface area contributed by atoms with E-state index < -0.39 is 0 Å². The number of nitrogens with one attached hydrogen (secondary N) is 1. The zero-order valence-corrected chi connectivity index (χ0v) is 9.59. The van der Waals surface area contributed by atoms with E-state index >= 15 is 0 Å². The summed E-state index contributed by atoms with van der Waals surface area (Å²) in [6, 6.07) is 0.755. The van der Waals surface area contributed by atoms with Gasteiger partial charge in [-0.25, -0.2) is 0 Å². The molecule has 1 unspecified atom stereocenters. The van der Waals surface area contributed by atoms with Crippen LogP contribution in [0.4, 0.5) is 0 Å². The molecule has 0 bridgehead atoms. The normalized spacial score (nSPS) is 24.9. The molecule has 1 fully saturated rings. The first-order valence-electron chi connectivity index (χ1n) is 5.91. The first-order valence-corrected chi connectivity index (χ1v) is 5.91. The van der Waals surface area contributed by atoms with Crippen molar-refractivity contribution in [2.45, 2.75) is 32.7 Å². The minimum Gasteiger partial charge on any atom is -0.380 e. The molecule has 0 aromatic heterocycles. The SMILES string of the molecule is CCOCCN1CCNCCC1CC. The van der Waals surface area contributed by atoms with E-state index in [1.807, 2.05) is 0 Å². The van der Waals surface area contributed by atoms with Crippen molar-refractivity contribution in [3.63, 3.8) is 0 Å². The molecule has 14 heavy (non-hydrogen) atoms. The lowest BCUT2D eigenvalue weighted by Crippen LogP contribution is -2.38. The average Bonchev–Trinajstić information content (AvgIpc) is 2.43. The van der Waals surface area contributed by atoms with Gasteiger partial charge in [-0.15, -0.1) is 0 Å². The molecule has 0 radical (unpaired) electrons. The molecule has 0 aromatic carbocycles. The molecular weight excluding hydrogens is 176 g/mol. The Kier molecular flexibility index (Phi) is 6.15. The summed E-state index contributed by atoms with van der Waals surface area (Å²) in [5, 5.41) is 3.45. The Bertz CT molecular complexity index is 141. The summed E-state index contributed by atoms with van der Waals surface area (Å²) in [4.78, 5) is 2.57. The fourth-order valence-corrected chi connectivity index (χ4v) is 2.06. The second-order valence-corrected chi connectivity index (χ2v) is 3.83. The molecule has 0 spiro atoms. The van der Waals surface area contributed by atoms with Crippen LogP contribution in [0.2, 0.25) is 0 Å². The lowest BCUT2D eigenvalue weighted by Gasteiger charge is -2.28. The van der Waals surface area contributed by atoms with E-state index in [0.717, 1.165) is 32.3 Å². The number of rotatable bonds is 5. The smallest absolute Gasteiger partial charge is 0.0593 e. The van der Waals surface area contributed by atoms with Gasteiger partial charge in [-0.1, -0.05) is 6.92 Å². The first-order chi connectivity index (χ1) is 6.88. The third kappa shape index (κ3) is 3.95. The molecule has 3 nitrogen and oxygen atoms in total. The Labute approximate surface area is 87.8 Å². The van der Waals surface area contributed by atoms with Gasteiger partial charge >= 0.3 is 0 Å². The molecule has 1 atom stereocenters. The molecule has 1 rings (SSSR count). The van der Waals surface area contributed by atoms with Crippen LogP contribution in [-0.2, 0) is 4.74 Å². The number of nitrogens with zero attached hydrogens (tertiary/aromatic N) is 1. The maximum Gasteiger partial charge on any atom is 0.0593 e. The van der Waals surface area contributed by atoms with Crippen molar-refractivity contribution < 1.29 is 4.74 Å². The van der Waals surface area contributed by atoms with Crippen molar-refractivity contribution in [1.29, 1.82) is 0 Å². The van der Waals surface area contributed by atoms with Crippen LogP contribution in [0.1, 0.15) is 26.7 Å². The lowest BCUT2D eigenvalue weighted by atomic mass is 10.1. The highest BCUT2D eigenvalue weighted by atomic mass is 16.5. The summed E-state index contributed by atoms with van der Waals surface area (Å²) < 4.78 is 5.41. The zero-order valence-electron chi connectivity index (χ0n) is 9.59. The van der Waals surface area contributed by atoms with Gasteiger partial charge in [0.05, 0.1) is 6.61 Å². The summed E-state index contributed by atoms with van der Waals surface area (Å²) in [5.41, 5.74) is 0. The van der Waals surface area contributed by atoms with Gasteiger partial charge in [-0.2, -0.15) is 0 Å². The summed E-state index contributed by atoms with van der Waals surface area (Å²) in [5.74, 6) is 0. The minimum absolute atomic E-state index is 0.755. The van der Waals surface area contributed by atoms with Crippen molar-refractivity contribution in [2.24, 2.45) is 0 Å². The van der Waals surface area contributed by atoms with E-state index in [4.69, 9.17) is 4.74 Å². The molecule has 3 heteroatoms. The quantitative estimate of drug-likeness (QED) is 0.673. The van der Waals surface area contributed by atoms with Gasteiger partial charge in [0.2, 0.25) is 0 Å². The molecule has 0 saturated carbocycles. The third-order valence-electron chi connectivity index (χ3n) is 2.94. The lowest BCUT2D eigenvalue weighted by molar-refractivity contribution is 0.0958. The van der Waals surface area contributed by atoms with Crippen LogP contribution in [-0.4, -0.2) is 50.3 Å². The van der Waals surface area contributed by atoms with Gasteiger partial charge in [0.25, 0.3) is 0 Å². The van der Waals surface area contributed by atoms with E-state index in [9.17, 15) is 0 Å². The highest BCUT2D eigenvalue weighted by Gasteiger charge is 2.18. The van der Waals surface area contributed by atoms with E-state index in [-0.39, 0.29) is 0 Å². The monoisotopic (exact) mass is 200 g/mol. The van der Waals surface area contributed by atoms with Crippen LogP contribution >= 0.6 is 0 Å². The summed E-state index contributed by atoms with van der Waals surface area (Å²) in [6.07, 6.45) is 2.54. The Balaban J connectivity index is 2.28. The van der Waals surface area contributed by atoms with Crippen molar-refractivity contribution in [3.05, 3.63) is 0 Å². The zero-order chi connectivity index (χ0) is 10.2. The second kappa shape index (κ2) is 7.21. The van der Waals surface area contributed by atoms with Gasteiger partial charge in [0.15, 0.2) is 0 Å². The standard InChI is InChI=1S/C11H24N2O/c1-3-11-5-6-12-7-8-13(11)9-10-14-4-2/h11-12H,3-10H2,1-2H3. The van der Waals surface area contributed by atoms with Gasteiger partial charge in [0, 0.05) is 32.3 Å². The molecule has 0 aliphatic carbocycles. The van der Waals surface area contributed by atoms with Crippen LogP contribution in [0.25, 0.3) is 0 Å². The molecule has 1 N–H and O–H groups in total. The van der Waals surface area contributed by atoms with E-state index in [1.54, 1.807) is 0 Å². The van der Waals surface area contributed by atoms with E-state index in [0.29, 0.717) is 0 Å². The molecule has 84 valence electrons.